The maximum atomic E-state index is 11.5. The van der Waals surface area contributed by atoms with Gasteiger partial charge in [0.25, 0.3) is 0 Å². The van der Waals surface area contributed by atoms with Crippen LogP contribution in [0.5, 0.6) is 0 Å². The van der Waals surface area contributed by atoms with E-state index in [4.69, 9.17) is 0 Å². The van der Waals surface area contributed by atoms with Gasteiger partial charge in [-0.3, -0.25) is 4.79 Å². The third kappa shape index (κ3) is 3.70. The summed E-state index contributed by atoms with van der Waals surface area (Å²) in [5.41, 5.74) is 1.18. The average molecular weight is 223 g/mol. The average Bonchev–Trinajstić information content (AvgIpc) is 2.77. The van der Waals surface area contributed by atoms with E-state index in [1.165, 1.54) is 5.56 Å². The monoisotopic (exact) mass is 223 g/mol. The fraction of sp³-hybridized carbons (Fsp3) is 0.583. The molecule has 0 fully saturated rings. The summed E-state index contributed by atoms with van der Waals surface area (Å²) in [7, 11) is 1.84. The Labute approximate surface area is 96.8 Å². The second-order valence-corrected chi connectivity index (χ2v) is 4.61. The van der Waals surface area contributed by atoms with E-state index in [0.29, 0.717) is 13.0 Å². The van der Waals surface area contributed by atoms with E-state index in [9.17, 15) is 4.79 Å². The summed E-state index contributed by atoms with van der Waals surface area (Å²) in [5, 5.41) is 5.91. The van der Waals surface area contributed by atoms with Gasteiger partial charge in [-0.05, 0) is 18.7 Å². The van der Waals surface area contributed by atoms with Crippen molar-refractivity contribution in [2.24, 2.45) is 0 Å². The highest BCUT2D eigenvalue weighted by Crippen LogP contribution is 2.21. The molecular formula is C12H21N3O. The van der Waals surface area contributed by atoms with E-state index in [0.717, 1.165) is 6.54 Å². The molecule has 0 aliphatic heterocycles. The van der Waals surface area contributed by atoms with Crippen molar-refractivity contribution < 1.29 is 4.79 Å². The van der Waals surface area contributed by atoms with Gasteiger partial charge in [-0.25, -0.2) is 0 Å². The maximum absolute atomic E-state index is 11.5. The fourth-order valence-electron chi connectivity index (χ4n) is 1.49. The van der Waals surface area contributed by atoms with Gasteiger partial charge < -0.3 is 15.6 Å². The van der Waals surface area contributed by atoms with Gasteiger partial charge in [0.15, 0.2) is 0 Å². The summed E-state index contributed by atoms with van der Waals surface area (Å²) in [6.45, 7) is 5.62. The van der Waals surface area contributed by atoms with Crippen LogP contribution >= 0.6 is 0 Å². The second kappa shape index (κ2) is 5.70. The van der Waals surface area contributed by atoms with Gasteiger partial charge in [-0.15, -0.1) is 0 Å². The van der Waals surface area contributed by atoms with E-state index in [1.54, 1.807) is 0 Å². The predicted octanol–water partition coefficient (Wildman–Crippen LogP) is 1.02. The molecule has 0 saturated carbocycles. The van der Waals surface area contributed by atoms with E-state index in [-0.39, 0.29) is 11.3 Å². The molecule has 0 aliphatic rings. The van der Waals surface area contributed by atoms with Crippen LogP contribution in [0.2, 0.25) is 0 Å². The molecule has 0 aromatic carbocycles. The molecule has 4 nitrogen and oxygen atoms in total. The van der Waals surface area contributed by atoms with Crippen molar-refractivity contribution in [3.8, 4) is 0 Å². The fourth-order valence-corrected chi connectivity index (χ4v) is 1.49. The lowest BCUT2D eigenvalue weighted by Crippen LogP contribution is -2.37. The molecule has 1 rings (SSSR count). The highest BCUT2D eigenvalue weighted by atomic mass is 16.1. The lowest BCUT2D eigenvalue weighted by atomic mass is 9.86. The molecule has 1 amide bonds. The number of H-pyrrole nitrogens is 1. The van der Waals surface area contributed by atoms with Crippen molar-refractivity contribution in [2.75, 3.05) is 20.1 Å². The first-order valence-corrected chi connectivity index (χ1v) is 5.61. The molecule has 0 atom stereocenters. The third-order valence-corrected chi connectivity index (χ3v) is 2.71. The van der Waals surface area contributed by atoms with Crippen LogP contribution in [0.15, 0.2) is 18.5 Å². The lowest BCUT2D eigenvalue weighted by Gasteiger charge is -2.24. The van der Waals surface area contributed by atoms with Crippen LogP contribution < -0.4 is 10.6 Å². The first-order chi connectivity index (χ1) is 7.56. The summed E-state index contributed by atoms with van der Waals surface area (Å²) in [6.07, 6.45) is 4.40. The van der Waals surface area contributed by atoms with Crippen LogP contribution in [-0.2, 0) is 10.2 Å². The Morgan fingerprint density at radius 2 is 2.25 bits per heavy atom. The van der Waals surface area contributed by atoms with E-state index in [1.807, 2.05) is 25.5 Å². The molecular weight excluding hydrogens is 202 g/mol. The van der Waals surface area contributed by atoms with E-state index < -0.39 is 0 Å². The summed E-state index contributed by atoms with van der Waals surface area (Å²) >= 11 is 0. The van der Waals surface area contributed by atoms with Crippen molar-refractivity contribution >= 4 is 5.91 Å². The van der Waals surface area contributed by atoms with Crippen LogP contribution in [0.1, 0.15) is 25.8 Å². The van der Waals surface area contributed by atoms with Crippen molar-refractivity contribution in [3.05, 3.63) is 24.0 Å². The Balaban J connectivity index is 2.39. The molecule has 0 bridgehead atoms. The Kier molecular flexibility index (Phi) is 4.55. The van der Waals surface area contributed by atoms with Crippen LogP contribution in [0.25, 0.3) is 0 Å². The Morgan fingerprint density at radius 1 is 1.50 bits per heavy atom. The minimum Gasteiger partial charge on any atom is -0.367 e. The van der Waals surface area contributed by atoms with Crippen molar-refractivity contribution in [1.29, 1.82) is 0 Å². The summed E-state index contributed by atoms with van der Waals surface area (Å²) in [4.78, 5) is 14.5. The van der Waals surface area contributed by atoms with Crippen LogP contribution in [0.4, 0.5) is 0 Å². The quantitative estimate of drug-likeness (QED) is 0.674. The van der Waals surface area contributed by atoms with Gasteiger partial charge in [0.1, 0.15) is 0 Å². The number of rotatable bonds is 6. The molecule has 1 aromatic rings. The van der Waals surface area contributed by atoms with Gasteiger partial charge in [0, 0.05) is 37.3 Å². The van der Waals surface area contributed by atoms with Crippen molar-refractivity contribution in [3.63, 3.8) is 0 Å². The van der Waals surface area contributed by atoms with Crippen LogP contribution in [-0.4, -0.2) is 31.0 Å². The molecule has 1 aromatic heterocycles. The standard InChI is InChI=1S/C12H21N3O/c1-12(2,10-4-7-14-8-10)9-15-11(16)5-6-13-3/h4,7-8,13-14H,5-6,9H2,1-3H3,(H,15,16). The number of hydrogen-bond donors (Lipinski definition) is 3. The normalized spacial score (nSPS) is 11.4. The number of nitrogens with one attached hydrogen (secondary N) is 3. The van der Waals surface area contributed by atoms with Gasteiger partial charge in [-0.2, -0.15) is 0 Å². The molecule has 0 aliphatic carbocycles. The Hall–Kier alpha value is -1.29. The van der Waals surface area contributed by atoms with Gasteiger partial charge in [0.2, 0.25) is 5.91 Å². The number of hydrogen-bond acceptors (Lipinski definition) is 2. The first-order valence-electron chi connectivity index (χ1n) is 5.61. The number of amides is 1. The Bertz CT molecular complexity index is 317. The zero-order valence-corrected chi connectivity index (χ0v) is 10.3. The molecule has 0 saturated heterocycles. The minimum absolute atomic E-state index is 0.0324. The molecule has 3 N–H and O–H groups in total. The third-order valence-electron chi connectivity index (χ3n) is 2.71. The van der Waals surface area contributed by atoms with Crippen LogP contribution in [0, 0.1) is 0 Å². The highest BCUT2D eigenvalue weighted by molar-refractivity contribution is 5.76. The SMILES string of the molecule is CNCCC(=O)NCC(C)(C)c1cc[nH]c1. The van der Waals surface area contributed by atoms with Crippen LogP contribution in [0.3, 0.4) is 0 Å². The topological polar surface area (TPSA) is 56.9 Å². The second-order valence-electron chi connectivity index (χ2n) is 4.61. The van der Waals surface area contributed by atoms with Gasteiger partial charge in [0.05, 0.1) is 0 Å². The molecule has 1 heterocycles. The molecule has 0 radical (unpaired) electrons. The van der Waals surface area contributed by atoms with Gasteiger partial charge in [-0.1, -0.05) is 13.8 Å². The van der Waals surface area contributed by atoms with Crippen molar-refractivity contribution in [2.45, 2.75) is 25.7 Å². The molecule has 0 unspecified atom stereocenters. The molecule has 16 heavy (non-hydrogen) atoms. The summed E-state index contributed by atoms with van der Waals surface area (Å²) in [6, 6.07) is 2.04. The highest BCUT2D eigenvalue weighted by Gasteiger charge is 2.21. The van der Waals surface area contributed by atoms with Gasteiger partial charge >= 0.3 is 0 Å². The molecule has 0 spiro atoms. The lowest BCUT2D eigenvalue weighted by molar-refractivity contribution is -0.121. The minimum atomic E-state index is -0.0324. The Morgan fingerprint density at radius 3 is 2.81 bits per heavy atom. The summed E-state index contributed by atoms with van der Waals surface area (Å²) < 4.78 is 0. The van der Waals surface area contributed by atoms with E-state index in [2.05, 4.69) is 29.5 Å². The number of aromatic nitrogens is 1. The maximum Gasteiger partial charge on any atom is 0.221 e. The zero-order valence-electron chi connectivity index (χ0n) is 10.3. The number of carbonyl (C=O) groups is 1. The number of carbonyl (C=O) groups excluding carboxylic acids is 1. The smallest absolute Gasteiger partial charge is 0.221 e. The number of aromatic amines is 1. The largest absolute Gasteiger partial charge is 0.367 e. The van der Waals surface area contributed by atoms with E-state index >= 15 is 0 Å². The molecule has 90 valence electrons. The predicted molar refractivity (Wildman–Crippen MR) is 65.4 cm³/mol. The first kappa shape index (κ1) is 12.8. The zero-order chi connectivity index (χ0) is 12.0. The molecule has 4 heteroatoms. The van der Waals surface area contributed by atoms with Crippen molar-refractivity contribution in [1.82, 2.24) is 15.6 Å². The summed E-state index contributed by atoms with van der Waals surface area (Å²) in [5.74, 6) is 0.0953.